The summed E-state index contributed by atoms with van der Waals surface area (Å²) in [7, 11) is 0. The molecule has 0 bridgehead atoms. The van der Waals surface area contributed by atoms with Crippen molar-refractivity contribution < 1.29 is 14.6 Å². The summed E-state index contributed by atoms with van der Waals surface area (Å²) >= 11 is 1.38. The molecule has 25 heavy (non-hydrogen) atoms. The topological polar surface area (TPSA) is 117 Å². The molecule has 0 unspecified atom stereocenters. The van der Waals surface area contributed by atoms with Crippen LogP contribution in [-0.2, 0) is 0 Å². The number of fused-ring (bicyclic) bond motifs is 1. The van der Waals surface area contributed by atoms with E-state index >= 15 is 0 Å². The van der Waals surface area contributed by atoms with Crippen LogP contribution in [0.15, 0.2) is 40.2 Å². The first-order valence-corrected chi connectivity index (χ1v) is 8.42. The molecule has 2 heterocycles. The number of aromatic nitrogens is 3. The maximum Gasteiger partial charge on any atom is 0.409 e. The van der Waals surface area contributed by atoms with Crippen molar-refractivity contribution in [2.24, 2.45) is 0 Å². The predicted octanol–water partition coefficient (Wildman–Crippen LogP) is 3.23. The lowest BCUT2D eigenvalue weighted by molar-refractivity contribution is 0.209. The summed E-state index contributed by atoms with van der Waals surface area (Å²) in [4.78, 5) is 34.3. The average molecular weight is 358 g/mol. The molecule has 0 fully saturated rings. The average Bonchev–Trinajstić information content (AvgIpc) is 2.57. The summed E-state index contributed by atoms with van der Waals surface area (Å²) in [6.45, 7) is 1.60. The lowest BCUT2D eigenvalue weighted by atomic mass is 10.3. The Labute approximate surface area is 146 Å². The molecule has 0 saturated heterocycles. The van der Waals surface area contributed by atoms with Gasteiger partial charge in [-0.3, -0.25) is 10.1 Å². The Bertz CT molecular complexity index is 1020. The number of aromatic amines is 1. The first-order chi connectivity index (χ1) is 12.0. The molecule has 0 saturated carbocycles. The van der Waals surface area contributed by atoms with E-state index in [1.165, 1.54) is 18.0 Å². The van der Waals surface area contributed by atoms with Crippen LogP contribution in [0.25, 0.3) is 11.2 Å². The molecule has 0 spiro atoms. The number of amides is 1. The van der Waals surface area contributed by atoms with Gasteiger partial charge in [-0.05, 0) is 31.4 Å². The van der Waals surface area contributed by atoms with Crippen molar-refractivity contribution >= 4 is 34.7 Å². The molecule has 1 amide bonds. The van der Waals surface area contributed by atoms with Gasteiger partial charge in [0.05, 0.1) is 5.69 Å². The SMILES string of the molecule is CSc1cc(Oc2ccnc3nc(C)c(=O)[nH]c23)ccc1NC(=O)O. The van der Waals surface area contributed by atoms with Gasteiger partial charge in [-0.15, -0.1) is 11.8 Å². The molecule has 3 N–H and O–H groups in total. The Morgan fingerprint density at radius 3 is 2.88 bits per heavy atom. The third-order valence-electron chi connectivity index (χ3n) is 3.38. The molecule has 0 aliphatic rings. The van der Waals surface area contributed by atoms with E-state index in [9.17, 15) is 9.59 Å². The molecule has 3 rings (SSSR count). The minimum Gasteiger partial charge on any atom is -0.465 e. The first kappa shape index (κ1) is 16.8. The van der Waals surface area contributed by atoms with E-state index in [4.69, 9.17) is 9.84 Å². The highest BCUT2D eigenvalue weighted by molar-refractivity contribution is 7.98. The van der Waals surface area contributed by atoms with Crippen LogP contribution < -0.4 is 15.6 Å². The normalized spacial score (nSPS) is 10.6. The Kier molecular flexibility index (Phi) is 4.57. The predicted molar refractivity (Wildman–Crippen MR) is 94.8 cm³/mol. The van der Waals surface area contributed by atoms with E-state index in [0.29, 0.717) is 38.9 Å². The summed E-state index contributed by atoms with van der Waals surface area (Å²) in [5.74, 6) is 0.898. The third-order valence-corrected chi connectivity index (χ3v) is 4.15. The van der Waals surface area contributed by atoms with Gasteiger partial charge in [0.25, 0.3) is 5.56 Å². The zero-order chi connectivity index (χ0) is 18.0. The van der Waals surface area contributed by atoms with Crippen LogP contribution in [0.4, 0.5) is 10.5 Å². The number of H-pyrrole nitrogens is 1. The zero-order valence-electron chi connectivity index (χ0n) is 13.4. The fraction of sp³-hybridized carbons (Fsp3) is 0.125. The number of nitrogens with zero attached hydrogens (tertiary/aromatic N) is 2. The summed E-state index contributed by atoms with van der Waals surface area (Å²) < 4.78 is 5.85. The molecule has 3 aromatic rings. The number of thioether (sulfide) groups is 1. The van der Waals surface area contributed by atoms with Crippen molar-refractivity contribution in [3.8, 4) is 11.5 Å². The summed E-state index contributed by atoms with van der Waals surface area (Å²) in [5.41, 5.74) is 1.26. The Morgan fingerprint density at radius 1 is 1.36 bits per heavy atom. The number of nitrogens with one attached hydrogen (secondary N) is 2. The summed E-state index contributed by atoms with van der Waals surface area (Å²) in [6.07, 6.45) is 2.24. The second kappa shape index (κ2) is 6.81. The van der Waals surface area contributed by atoms with Gasteiger partial charge in [-0.2, -0.15) is 0 Å². The molecule has 0 atom stereocenters. The van der Waals surface area contributed by atoms with Gasteiger partial charge in [0, 0.05) is 17.2 Å². The molecule has 1 aromatic carbocycles. The van der Waals surface area contributed by atoms with Crippen LogP contribution in [0.5, 0.6) is 11.5 Å². The largest absolute Gasteiger partial charge is 0.465 e. The highest BCUT2D eigenvalue weighted by Gasteiger charge is 2.11. The third kappa shape index (κ3) is 3.56. The molecule has 9 heteroatoms. The molecule has 8 nitrogen and oxygen atoms in total. The van der Waals surface area contributed by atoms with E-state index in [1.807, 2.05) is 6.26 Å². The van der Waals surface area contributed by atoms with Crippen LogP contribution in [0.3, 0.4) is 0 Å². The number of hydrogen-bond donors (Lipinski definition) is 3. The minimum atomic E-state index is -1.14. The molecular formula is C16H14N4O4S. The number of hydrogen-bond acceptors (Lipinski definition) is 6. The quantitative estimate of drug-likeness (QED) is 0.613. The molecule has 128 valence electrons. The molecule has 0 aliphatic heterocycles. The van der Waals surface area contributed by atoms with Crippen LogP contribution in [0, 0.1) is 6.92 Å². The molecule has 0 radical (unpaired) electrons. The monoisotopic (exact) mass is 358 g/mol. The van der Waals surface area contributed by atoms with E-state index in [0.717, 1.165) is 0 Å². The number of pyridine rings is 1. The Balaban J connectivity index is 2.00. The number of anilines is 1. The second-order valence-corrected chi connectivity index (χ2v) is 5.90. The van der Waals surface area contributed by atoms with Gasteiger partial charge in [-0.25, -0.2) is 14.8 Å². The highest BCUT2D eigenvalue weighted by atomic mass is 32.2. The summed E-state index contributed by atoms with van der Waals surface area (Å²) in [5, 5.41) is 11.2. The lowest BCUT2D eigenvalue weighted by Crippen LogP contribution is -2.12. The van der Waals surface area contributed by atoms with E-state index < -0.39 is 6.09 Å². The van der Waals surface area contributed by atoms with Crippen molar-refractivity contribution in [3.05, 3.63) is 46.5 Å². The van der Waals surface area contributed by atoms with Crippen LogP contribution in [-0.4, -0.2) is 32.4 Å². The van der Waals surface area contributed by atoms with Crippen LogP contribution in [0.1, 0.15) is 5.69 Å². The number of rotatable bonds is 4. The summed E-state index contributed by atoms with van der Waals surface area (Å²) in [6, 6.07) is 6.58. The van der Waals surface area contributed by atoms with Gasteiger partial charge in [-0.1, -0.05) is 0 Å². The van der Waals surface area contributed by atoms with E-state index in [2.05, 4.69) is 20.3 Å². The maximum atomic E-state index is 11.8. The van der Waals surface area contributed by atoms with E-state index in [1.54, 1.807) is 31.2 Å². The lowest BCUT2D eigenvalue weighted by Gasteiger charge is -2.12. The first-order valence-electron chi connectivity index (χ1n) is 7.19. The Morgan fingerprint density at radius 2 is 2.16 bits per heavy atom. The highest BCUT2D eigenvalue weighted by Crippen LogP contribution is 2.33. The van der Waals surface area contributed by atoms with Gasteiger partial charge in [0.2, 0.25) is 0 Å². The van der Waals surface area contributed by atoms with E-state index in [-0.39, 0.29) is 5.56 Å². The fourth-order valence-corrected chi connectivity index (χ4v) is 2.79. The van der Waals surface area contributed by atoms with Gasteiger partial charge < -0.3 is 14.8 Å². The number of aryl methyl sites for hydroxylation is 1. The van der Waals surface area contributed by atoms with Gasteiger partial charge in [0.15, 0.2) is 11.4 Å². The number of carboxylic acid groups (broad SMARTS) is 1. The van der Waals surface area contributed by atoms with Crippen molar-refractivity contribution in [2.45, 2.75) is 11.8 Å². The number of benzene rings is 1. The standard InChI is InChI=1S/C16H14N4O4S/c1-8-15(21)20-13-11(5-6-17-14(13)18-8)24-9-3-4-10(19-16(22)23)12(7-9)25-2/h3-7,19H,1-2H3,(H,20,21)(H,22,23). The second-order valence-electron chi connectivity index (χ2n) is 5.05. The van der Waals surface area contributed by atoms with Gasteiger partial charge >= 0.3 is 6.09 Å². The van der Waals surface area contributed by atoms with Crippen molar-refractivity contribution in [3.63, 3.8) is 0 Å². The van der Waals surface area contributed by atoms with Gasteiger partial charge in [0.1, 0.15) is 17.0 Å². The minimum absolute atomic E-state index is 0.309. The smallest absolute Gasteiger partial charge is 0.409 e. The molecule has 0 aliphatic carbocycles. The zero-order valence-corrected chi connectivity index (χ0v) is 14.2. The maximum absolute atomic E-state index is 11.8. The molecular weight excluding hydrogens is 344 g/mol. The van der Waals surface area contributed by atoms with Crippen LogP contribution in [0.2, 0.25) is 0 Å². The Hall–Kier alpha value is -3.07. The van der Waals surface area contributed by atoms with Crippen LogP contribution >= 0.6 is 11.8 Å². The number of ether oxygens (including phenoxy) is 1. The number of carbonyl (C=O) groups is 1. The molecule has 2 aromatic heterocycles. The van der Waals surface area contributed by atoms with Crippen molar-refractivity contribution in [2.75, 3.05) is 11.6 Å². The van der Waals surface area contributed by atoms with Crippen molar-refractivity contribution in [1.29, 1.82) is 0 Å². The fourth-order valence-electron chi connectivity index (χ4n) is 2.22. The van der Waals surface area contributed by atoms with Crippen molar-refractivity contribution in [1.82, 2.24) is 15.0 Å².